The standard InChI is InChI=1S/C9H9BrO4/c1-13-8-4-6(5-9(11)12)2-3-7(8)14-10/h2-4H,5H2,1H3,(H,11,12). The maximum atomic E-state index is 10.4. The number of carbonyl (C=O) groups is 1. The maximum Gasteiger partial charge on any atom is 0.307 e. The molecular weight excluding hydrogens is 252 g/mol. The van der Waals surface area contributed by atoms with Crippen molar-refractivity contribution >= 4 is 22.2 Å². The topological polar surface area (TPSA) is 55.8 Å². The average Bonchev–Trinajstić information content (AvgIpc) is 2.16. The minimum Gasteiger partial charge on any atom is -0.493 e. The summed E-state index contributed by atoms with van der Waals surface area (Å²) in [7, 11) is 1.50. The molecule has 0 fully saturated rings. The third kappa shape index (κ3) is 2.63. The highest BCUT2D eigenvalue weighted by atomic mass is 79.9. The van der Waals surface area contributed by atoms with Crippen molar-refractivity contribution in [2.24, 2.45) is 0 Å². The zero-order valence-electron chi connectivity index (χ0n) is 7.49. The summed E-state index contributed by atoms with van der Waals surface area (Å²) < 4.78 is 9.85. The van der Waals surface area contributed by atoms with Crippen molar-refractivity contribution in [2.45, 2.75) is 6.42 Å². The Morgan fingerprint density at radius 3 is 2.71 bits per heavy atom. The van der Waals surface area contributed by atoms with Crippen LogP contribution in [0.1, 0.15) is 5.56 Å². The molecule has 5 heteroatoms. The molecular formula is C9H9BrO4. The molecule has 0 spiro atoms. The van der Waals surface area contributed by atoms with Gasteiger partial charge in [0.15, 0.2) is 27.8 Å². The van der Waals surface area contributed by atoms with E-state index in [1.807, 2.05) is 0 Å². The lowest BCUT2D eigenvalue weighted by atomic mass is 10.1. The molecule has 0 bridgehead atoms. The Kier molecular flexibility index (Phi) is 3.76. The number of hydrogen-bond acceptors (Lipinski definition) is 3. The van der Waals surface area contributed by atoms with Gasteiger partial charge in [0.25, 0.3) is 0 Å². The minimum absolute atomic E-state index is 0.0288. The molecule has 1 rings (SSSR count). The SMILES string of the molecule is COc1cc(CC(=O)O)ccc1OBr. The average molecular weight is 261 g/mol. The molecule has 0 aliphatic heterocycles. The number of rotatable bonds is 4. The lowest BCUT2D eigenvalue weighted by molar-refractivity contribution is -0.136. The molecule has 76 valence electrons. The van der Waals surface area contributed by atoms with Crippen LogP contribution in [0.25, 0.3) is 0 Å². The number of hydrogen-bond donors (Lipinski definition) is 1. The summed E-state index contributed by atoms with van der Waals surface area (Å²) in [5.41, 5.74) is 0.669. The molecule has 0 amide bonds. The fourth-order valence-corrected chi connectivity index (χ4v) is 1.33. The maximum absolute atomic E-state index is 10.4. The molecule has 0 unspecified atom stereocenters. The van der Waals surface area contributed by atoms with Crippen LogP contribution in [0.15, 0.2) is 18.2 Å². The Hall–Kier alpha value is -1.23. The molecule has 0 atom stereocenters. The Morgan fingerprint density at radius 1 is 1.50 bits per heavy atom. The number of benzene rings is 1. The minimum atomic E-state index is -0.875. The van der Waals surface area contributed by atoms with Crippen molar-refractivity contribution in [3.05, 3.63) is 23.8 Å². The summed E-state index contributed by atoms with van der Waals surface area (Å²) in [6, 6.07) is 4.95. The van der Waals surface area contributed by atoms with Crippen LogP contribution in [0.4, 0.5) is 0 Å². The summed E-state index contributed by atoms with van der Waals surface area (Å²) in [6.07, 6.45) is -0.0288. The molecule has 4 nitrogen and oxygen atoms in total. The van der Waals surface area contributed by atoms with Gasteiger partial charge in [-0.1, -0.05) is 6.07 Å². The molecule has 0 aromatic heterocycles. The van der Waals surface area contributed by atoms with E-state index in [9.17, 15) is 4.79 Å². The van der Waals surface area contributed by atoms with Crippen LogP contribution in [-0.4, -0.2) is 18.2 Å². The number of methoxy groups -OCH3 is 1. The zero-order valence-corrected chi connectivity index (χ0v) is 9.08. The summed E-state index contributed by atoms with van der Waals surface area (Å²) >= 11 is 2.83. The Morgan fingerprint density at radius 2 is 2.21 bits per heavy atom. The highest BCUT2D eigenvalue weighted by Gasteiger charge is 2.07. The summed E-state index contributed by atoms with van der Waals surface area (Å²) in [6.45, 7) is 0. The van der Waals surface area contributed by atoms with Gasteiger partial charge in [-0.2, -0.15) is 0 Å². The van der Waals surface area contributed by atoms with E-state index in [-0.39, 0.29) is 6.42 Å². The van der Waals surface area contributed by atoms with E-state index in [4.69, 9.17) is 13.7 Å². The largest absolute Gasteiger partial charge is 0.493 e. The highest BCUT2D eigenvalue weighted by molar-refractivity contribution is 9.06. The van der Waals surface area contributed by atoms with Crippen molar-refractivity contribution in [3.63, 3.8) is 0 Å². The third-order valence-electron chi connectivity index (χ3n) is 1.67. The molecule has 0 saturated carbocycles. The third-order valence-corrected chi connectivity index (χ3v) is 2.02. The molecule has 1 aromatic carbocycles. The van der Waals surface area contributed by atoms with Crippen molar-refractivity contribution in [1.29, 1.82) is 0 Å². The van der Waals surface area contributed by atoms with Gasteiger partial charge in [0, 0.05) is 0 Å². The van der Waals surface area contributed by atoms with E-state index in [0.29, 0.717) is 17.1 Å². The normalized spacial score (nSPS) is 9.57. The molecule has 0 aliphatic carbocycles. The molecule has 0 radical (unpaired) electrons. The molecule has 1 N–H and O–H groups in total. The summed E-state index contributed by atoms with van der Waals surface area (Å²) in [4.78, 5) is 10.4. The lowest BCUT2D eigenvalue weighted by Gasteiger charge is -2.06. The number of halogens is 1. The molecule has 0 aliphatic rings. The van der Waals surface area contributed by atoms with Crippen molar-refractivity contribution in [1.82, 2.24) is 0 Å². The number of aliphatic carboxylic acids is 1. The summed E-state index contributed by atoms with van der Waals surface area (Å²) in [5.74, 6) is 0.141. The van der Waals surface area contributed by atoms with Gasteiger partial charge < -0.3 is 13.7 Å². The van der Waals surface area contributed by atoms with Crippen LogP contribution >= 0.6 is 16.3 Å². The van der Waals surface area contributed by atoms with Gasteiger partial charge in [-0.25, -0.2) is 0 Å². The summed E-state index contributed by atoms with van der Waals surface area (Å²) in [5, 5.41) is 8.58. The second-order valence-electron chi connectivity index (χ2n) is 2.63. The lowest BCUT2D eigenvalue weighted by Crippen LogP contribution is -2.00. The predicted octanol–water partition coefficient (Wildman–Crippen LogP) is 2.01. The van der Waals surface area contributed by atoms with Crippen LogP contribution in [0.3, 0.4) is 0 Å². The zero-order chi connectivity index (χ0) is 10.6. The fourth-order valence-electron chi connectivity index (χ4n) is 1.06. The first-order chi connectivity index (χ1) is 6.67. The van der Waals surface area contributed by atoms with Gasteiger partial charge in [0.1, 0.15) is 0 Å². The van der Waals surface area contributed by atoms with Crippen molar-refractivity contribution in [3.8, 4) is 11.5 Å². The number of ether oxygens (including phenoxy) is 1. The van der Waals surface area contributed by atoms with Gasteiger partial charge in [-0.15, -0.1) is 0 Å². The van der Waals surface area contributed by atoms with Crippen molar-refractivity contribution < 1.29 is 18.5 Å². The Balaban J connectivity index is 2.95. The molecule has 1 aromatic rings. The quantitative estimate of drug-likeness (QED) is 0.900. The van der Waals surface area contributed by atoms with E-state index < -0.39 is 5.97 Å². The van der Waals surface area contributed by atoms with Crippen LogP contribution in [0.2, 0.25) is 0 Å². The van der Waals surface area contributed by atoms with Crippen LogP contribution < -0.4 is 8.57 Å². The first-order valence-corrected chi connectivity index (χ1v) is 4.49. The monoisotopic (exact) mass is 260 g/mol. The number of carboxylic acids is 1. The van der Waals surface area contributed by atoms with Crippen LogP contribution in [0.5, 0.6) is 11.5 Å². The smallest absolute Gasteiger partial charge is 0.307 e. The fraction of sp³-hybridized carbons (Fsp3) is 0.222. The van der Waals surface area contributed by atoms with Crippen LogP contribution in [0, 0.1) is 0 Å². The second kappa shape index (κ2) is 4.85. The highest BCUT2D eigenvalue weighted by Crippen LogP contribution is 2.29. The van der Waals surface area contributed by atoms with E-state index in [1.165, 1.54) is 7.11 Å². The van der Waals surface area contributed by atoms with Gasteiger partial charge in [0.05, 0.1) is 13.5 Å². The first kappa shape index (κ1) is 10.8. The van der Waals surface area contributed by atoms with E-state index in [0.717, 1.165) is 0 Å². The van der Waals surface area contributed by atoms with Crippen LogP contribution in [-0.2, 0) is 11.2 Å². The van der Waals surface area contributed by atoms with E-state index >= 15 is 0 Å². The van der Waals surface area contributed by atoms with Crippen molar-refractivity contribution in [2.75, 3.05) is 7.11 Å². The molecule has 0 heterocycles. The molecule has 14 heavy (non-hydrogen) atoms. The number of carboxylic acid groups (broad SMARTS) is 1. The Labute approximate surface area is 89.9 Å². The van der Waals surface area contributed by atoms with Gasteiger partial charge in [-0.05, 0) is 17.7 Å². The van der Waals surface area contributed by atoms with Gasteiger partial charge in [0.2, 0.25) is 0 Å². The first-order valence-electron chi connectivity index (χ1n) is 3.84. The predicted molar refractivity (Wildman–Crippen MR) is 53.9 cm³/mol. The van der Waals surface area contributed by atoms with E-state index in [2.05, 4.69) is 16.3 Å². The Bertz CT molecular complexity index is 338. The molecule has 0 saturated heterocycles. The van der Waals surface area contributed by atoms with E-state index in [1.54, 1.807) is 18.2 Å². The van der Waals surface area contributed by atoms with Gasteiger partial charge in [-0.3, -0.25) is 4.79 Å². The second-order valence-corrected chi connectivity index (χ2v) is 2.96. The van der Waals surface area contributed by atoms with Gasteiger partial charge >= 0.3 is 5.97 Å².